The van der Waals surface area contributed by atoms with Crippen LogP contribution < -0.4 is 0 Å². The van der Waals surface area contributed by atoms with Crippen molar-refractivity contribution in [1.82, 2.24) is 0 Å². The van der Waals surface area contributed by atoms with Crippen molar-refractivity contribution in [3.05, 3.63) is 47.5 Å². The van der Waals surface area contributed by atoms with E-state index >= 15 is 0 Å². The van der Waals surface area contributed by atoms with Crippen LogP contribution >= 0.6 is 0 Å². The van der Waals surface area contributed by atoms with Gasteiger partial charge in [0.2, 0.25) is 0 Å². The summed E-state index contributed by atoms with van der Waals surface area (Å²) in [6.45, 7) is 4.57. The molecule has 4 aliphatic carbocycles. The van der Waals surface area contributed by atoms with Crippen molar-refractivity contribution in [3.8, 4) is 0 Å². The number of rotatable bonds is 2. The van der Waals surface area contributed by atoms with Crippen LogP contribution in [0.1, 0.15) is 69.4 Å². The van der Waals surface area contributed by atoms with Crippen molar-refractivity contribution in [2.24, 2.45) is 17.8 Å². The van der Waals surface area contributed by atoms with Crippen LogP contribution in [0.15, 0.2) is 36.4 Å². The highest BCUT2D eigenvalue weighted by atomic mass is 14.6. The normalized spacial score (nSPS) is 35.3. The summed E-state index contributed by atoms with van der Waals surface area (Å²) in [6, 6.07) is 14.5. The average Bonchev–Trinajstić information content (AvgIpc) is 2.52. The molecule has 2 aromatic rings. The van der Waals surface area contributed by atoms with Crippen molar-refractivity contribution >= 4 is 10.8 Å². The van der Waals surface area contributed by atoms with Crippen LogP contribution in [0.3, 0.4) is 0 Å². The summed E-state index contributed by atoms with van der Waals surface area (Å²) in [4.78, 5) is 0. The van der Waals surface area contributed by atoms with Crippen molar-refractivity contribution in [3.63, 3.8) is 0 Å². The van der Waals surface area contributed by atoms with Gasteiger partial charge in [-0.25, -0.2) is 0 Å². The highest BCUT2D eigenvalue weighted by Crippen LogP contribution is 2.60. The fourth-order valence-electron chi connectivity index (χ4n) is 6.42. The first-order chi connectivity index (χ1) is 11.1. The van der Waals surface area contributed by atoms with Crippen LogP contribution in [0.4, 0.5) is 0 Å². The van der Waals surface area contributed by atoms with Gasteiger partial charge >= 0.3 is 0 Å². The molecule has 0 radical (unpaired) electrons. The SMILES string of the molecule is CC(C)c1ccc2cc(C34CC5CC(CC(C5)C3)C4)ccc2c1. The predicted molar refractivity (Wildman–Crippen MR) is 97.9 cm³/mol. The zero-order valence-electron chi connectivity index (χ0n) is 14.5. The van der Waals surface area contributed by atoms with E-state index in [1.807, 2.05) is 0 Å². The van der Waals surface area contributed by atoms with Gasteiger partial charge in [-0.2, -0.15) is 0 Å². The molecule has 0 atom stereocenters. The largest absolute Gasteiger partial charge is 0.0587 e. The highest BCUT2D eigenvalue weighted by molar-refractivity contribution is 5.84. The van der Waals surface area contributed by atoms with Crippen LogP contribution in [0.25, 0.3) is 10.8 Å². The lowest BCUT2D eigenvalue weighted by Gasteiger charge is -2.57. The summed E-state index contributed by atoms with van der Waals surface area (Å²) in [6.07, 6.45) is 9.00. The molecule has 4 aliphatic rings. The Kier molecular flexibility index (Phi) is 2.97. The maximum Gasteiger partial charge on any atom is -0.00388 e. The molecule has 0 heterocycles. The first-order valence-corrected chi connectivity index (χ1v) is 9.65. The highest BCUT2D eigenvalue weighted by Gasteiger charge is 2.51. The van der Waals surface area contributed by atoms with E-state index in [9.17, 15) is 0 Å². The lowest BCUT2D eigenvalue weighted by Crippen LogP contribution is -2.48. The van der Waals surface area contributed by atoms with Crippen LogP contribution in [0, 0.1) is 17.8 Å². The van der Waals surface area contributed by atoms with E-state index in [0.717, 1.165) is 17.8 Å². The Hall–Kier alpha value is -1.30. The molecule has 6 rings (SSSR count). The maximum atomic E-state index is 2.53. The van der Waals surface area contributed by atoms with Gasteiger partial charge in [0, 0.05) is 0 Å². The Morgan fingerprint density at radius 3 is 1.96 bits per heavy atom. The topological polar surface area (TPSA) is 0 Å². The molecule has 120 valence electrons. The van der Waals surface area contributed by atoms with Gasteiger partial charge in [0.15, 0.2) is 0 Å². The standard InChI is InChI=1S/C23H28/c1-15(2)19-3-4-21-11-22(6-5-20(21)10-19)23-12-16-7-17(13-23)9-18(8-16)14-23/h3-6,10-11,15-18H,7-9,12-14H2,1-2H3. The molecule has 2 aromatic carbocycles. The van der Waals surface area contributed by atoms with Crippen LogP contribution in [-0.2, 0) is 5.41 Å². The first-order valence-electron chi connectivity index (χ1n) is 9.65. The van der Waals surface area contributed by atoms with Crippen LogP contribution in [0.5, 0.6) is 0 Å². The lowest BCUT2D eigenvalue weighted by molar-refractivity contribution is -0.00512. The fraction of sp³-hybridized carbons (Fsp3) is 0.565. The molecule has 0 aliphatic heterocycles. The molecule has 0 saturated heterocycles. The van der Waals surface area contributed by atoms with Gasteiger partial charge in [-0.15, -0.1) is 0 Å². The summed E-state index contributed by atoms with van der Waals surface area (Å²) in [5.74, 6) is 3.70. The van der Waals surface area contributed by atoms with E-state index in [0.29, 0.717) is 11.3 Å². The minimum absolute atomic E-state index is 0.527. The molecule has 4 bridgehead atoms. The van der Waals surface area contributed by atoms with Crippen molar-refractivity contribution in [1.29, 1.82) is 0 Å². The molecular formula is C23H28. The number of fused-ring (bicyclic) bond motifs is 1. The quantitative estimate of drug-likeness (QED) is 0.599. The molecule has 23 heavy (non-hydrogen) atoms. The lowest BCUT2D eigenvalue weighted by atomic mass is 9.48. The van der Waals surface area contributed by atoms with Gasteiger partial charge in [-0.3, -0.25) is 0 Å². The number of hydrogen-bond donors (Lipinski definition) is 0. The second-order valence-electron chi connectivity index (χ2n) is 9.17. The predicted octanol–water partition coefficient (Wildman–Crippen LogP) is 6.43. The third-order valence-corrected chi connectivity index (χ3v) is 7.18. The molecular weight excluding hydrogens is 276 g/mol. The van der Waals surface area contributed by atoms with Gasteiger partial charge in [0.1, 0.15) is 0 Å². The van der Waals surface area contributed by atoms with Crippen molar-refractivity contribution in [2.75, 3.05) is 0 Å². The maximum absolute atomic E-state index is 2.53. The summed E-state index contributed by atoms with van der Waals surface area (Å²) in [5, 5.41) is 2.87. The third kappa shape index (κ3) is 2.17. The molecule has 0 nitrogen and oxygen atoms in total. The van der Waals surface area contributed by atoms with E-state index in [-0.39, 0.29) is 0 Å². The van der Waals surface area contributed by atoms with Crippen LogP contribution in [-0.4, -0.2) is 0 Å². The Balaban J connectivity index is 1.57. The van der Waals surface area contributed by atoms with Crippen molar-refractivity contribution < 1.29 is 0 Å². The zero-order valence-corrected chi connectivity index (χ0v) is 14.5. The Morgan fingerprint density at radius 2 is 1.35 bits per heavy atom. The smallest absolute Gasteiger partial charge is 0.00388 e. The monoisotopic (exact) mass is 304 g/mol. The summed E-state index contributed by atoms with van der Waals surface area (Å²) in [5.41, 5.74) is 3.64. The van der Waals surface area contributed by atoms with E-state index in [4.69, 9.17) is 0 Å². The summed E-state index contributed by atoms with van der Waals surface area (Å²) in [7, 11) is 0. The van der Waals surface area contributed by atoms with E-state index in [2.05, 4.69) is 50.2 Å². The minimum Gasteiger partial charge on any atom is -0.0587 e. The number of benzene rings is 2. The second-order valence-corrected chi connectivity index (χ2v) is 9.17. The van der Waals surface area contributed by atoms with Gasteiger partial charge in [0.25, 0.3) is 0 Å². The molecule has 0 amide bonds. The Bertz CT molecular complexity index is 716. The first kappa shape index (κ1) is 14.1. The molecule has 0 heteroatoms. The van der Waals surface area contributed by atoms with Gasteiger partial charge in [0.05, 0.1) is 0 Å². The Morgan fingerprint density at radius 1 is 0.783 bits per heavy atom. The fourth-order valence-corrected chi connectivity index (χ4v) is 6.42. The van der Waals surface area contributed by atoms with Crippen LogP contribution in [0.2, 0.25) is 0 Å². The zero-order chi connectivity index (χ0) is 15.6. The van der Waals surface area contributed by atoms with E-state index in [1.165, 1.54) is 54.9 Å². The third-order valence-electron chi connectivity index (χ3n) is 7.18. The van der Waals surface area contributed by atoms with E-state index < -0.39 is 0 Å². The molecule has 0 spiro atoms. The van der Waals surface area contributed by atoms with E-state index in [1.54, 1.807) is 5.56 Å². The molecule has 0 N–H and O–H groups in total. The Labute approximate surface area is 140 Å². The van der Waals surface area contributed by atoms with Gasteiger partial charge < -0.3 is 0 Å². The van der Waals surface area contributed by atoms with Crippen molar-refractivity contribution in [2.45, 2.75) is 63.7 Å². The van der Waals surface area contributed by atoms with Gasteiger partial charge in [-0.05, 0) is 89.5 Å². The number of hydrogen-bond acceptors (Lipinski definition) is 0. The molecule has 4 saturated carbocycles. The molecule has 0 unspecified atom stereocenters. The average molecular weight is 304 g/mol. The molecule has 4 fully saturated rings. The van der Waals surface area contributed by atoms with Gasteiger partial charge in [-0.1, -0.05) is 50.2 Å². The summed E-state index contributed by atoms with van der Waals surface area (Å²) < 4.78 is 0. The molecule has 0 aromatic heterocycles. The second kappa shape index (κ2) is 4.85. The minimum atomic E-state index is 0.527. The summed E-state index contributed by atoms with van der Waals surface area (Å²) >= 11 is 0.